The third-order valence-corrected chi connectivity index (χ3v) is 16.7. The summed E-state index contributed by atoms with van der Waals surface area (Å²) in [6.45, 7) is 22.1. The number of benzene rings is 1. The zero-order valence-electron chi connectivity index (χ0n) is 29.9. The predicted molar refractivity (Wildman–Crippen MR) is 201 cm³/mol. The van der Waals surface area contributed by atoms with Crippen molar-refractivity contribution in [2.45, 2.75) is 90.8 Å². The number of aryl methyl sites for hydroxylation is 1. The largest absolute Gasteiger partial charge is 0.476 e. The zero-order valence-corrected chi connectivity index (χ0v) is 33.5. The van der Waals surface area contributed by atoms with Gasteiger partial charge in [-0.05, 0) is 61.3 Å². The number of carboxylic acids is 1. The fraction of sp³-hybridized carbons (Fsp3) is 0.545. The molecule has 0 saturated carbocycles. The van der Waals surface area contributed by atoms with E-state index in [1.165, 1.54) is 16.7 Å². The number of carboxylic acid groups (broad SMARTS) is 1. The van der Waals surface area contributed by atoms with Gasteiger partial charge in [0.15, 0.2) is 35.6 Å². The van der Waals surface area contributed by atoms with Gasteiger partial charge in [-0.1, -0.05) is 63.9 Å². The van der Waals surface area contributed by atoms with Crippen LogP contribution >= 0.6 is 22.7 Å². The summed E-state index contributed by atoms with van der Waals surface area (Å²) < 4.78 is 21.6. The number of aromatic nitrogens is 4. The molecule has 3 aromatic heterocycles. The van der Waals surface area contributed by atoms with E-state index in [4.69, 9.17) is 18.9 Å². The minimum absolute atomic E-state index is 0.0118. The van der Waals surface area contributed by atoms with E-state index in [0.29, 0.717) is 49.7 Å². The minimum Gasteiger partial charge on any atom is -0.476 e. The topological polar surface area (TPSA) is 124 Å². The monoisotopic (exact) mass is 730 g/mol. The number of ether oxygens (including phenoxy) is 2. The van der Waals surface area contributed by atoms with Gasteiger partial charge in [0.05, 0.1) is 22.9 Å². The second kappa shape index (κ2) is 15.8. The van der Waals surface area contributed by atoms with Crippen LogP contribution in [0.5, 0.6) is 0 Å². The van der Waals surface area contributed by atoms with Crippen molar-refractivity contribution in [3.05, 3.63) is 51.8 Å². The molecule has 1 aromatic carbocycles. The smallest absolute Gasteiger partial charge is 0.355 e. The molecule has 1 atom stereocenters. The molecule has 11 nitrogen and oxygen atoms in total. The molecule has 0 aliphatic heterocycles. The molecule has 262 valence electrons. The first-order chi connectivity index (χ1) is 22.5. The number of anilines is 2. The summed E-state index contributed by atoms with van der Waals surface area (Å²) in [4.78, 5) is 23.7. The van der Waals surface area contributed by atoms with Crippen LogP contribution in [0.2, 0.25) is 43.8 Å². The zero-order chi connectivity index (χ0) is 35.3. The fourth-order valence-electron chi connectivity index (χ4n) is 4.42. The Balaban J connectivity index is 1.62. The normalized spacial score (nSPS) is 13.8. The van der Waals surface area contributed by atoms with Crippen LogP contribution in [0.3, 0.4) is 0 Å². The number of fused-ring (bicyclic) bond motifs is 1. The third kappa shape index (κ3) is 9.89. The first-order valence-corrected chi connectivity index (χ1v) is 24.5. The Bertz CT molecular complexity index is 1760. The number of hydrogen-bond acceptors (Lipinski definition) is 11. The Morgan fingerprint density at radius 1 is 1.15 bits per heavy atom. The molecule has 0 radical (unpaired) electrons. The molecule has 0 amide bonds. The van der Waals surface area contributed by atoms with Gasteiger partial charge in [-0.3, -0.25) is 4.57 Å². The molecule has 48 heavy (non-hydrogen) atoms. The lowest BCUT2D eigenvalue weighted by Gasteiger charge is -2.37. The number of carbonyl (C=O) groups is 1. The molecule has 15 heteroatoms. The van der Waals surface area contributed by atoms with E-state index in [-0.39, 0.29) is 16.8 Å². The summed E-state index contributed by atoms with van der Waals surface area (Å²) in [5.41, 5.74) is 1.88. The van der Waals surface area contributed by atoms with E-state index >= 15 is 0 Å². The van der Waals surface area contributed by atoms with Crippen LogP contribution in [0.25, 0.3) is 10.2 Å². The third-order valence-electron chi connectivity index (χ3n) is 8.61. The maximum atomic E-state index is 11.7. The van der Waals surface area contributed by atoms with Gasteiger partial charge in [0, 0.05) is 33.7 Å². The van der Waals surface area contributed by atoms with E-state index in [0.717, 1.165) is 26.6 Å². The van der Waals surface area contributed by atoms with Crippen molar-refractivity contribution in [1.29, 1.82) is 0 Å². The first-order valence-electron chi connectivity index (χ1n) is 16.2. The van der Waals surface area contributed by atoms with Crippen LogP contribution in [-0.2, 0) is 20.6 Å². The molecule has 4 aromatic rings. The standard InChI is InChI=1S/C33H50N6O5S2Si2/c1-23-19-28(36-37-29(23)35-32-39(22-43-17-18-47(6,7)8)26-13-11-12-14-27(26)46-32)38(31-34-25(21-45-31)30(40)41)16-15-24(42-5)20-44-48(9,10)33(2,3)4/h11-14,19,21,24H,15-18,20,22H2,1-10H3,(H,40,41)/b35-32-. The molecular formula is C33H50N6O5S2Si2. The first kappa shape index (κ1) is 38.0. The Morgan fingerprint density at radius 3 is 2.50 bits per heavy atom. The SMILES string of the molecule is COC(CCN(c1cc(C)c(/N=c2\sc3ccccc3n2COCC[Si](C)(C)C)nn1)c1nc(C(=O)O)cs1)CO[Si](C)(C)C(C)(C)C. The van der Waals surface area contributed by atoms with E-state index in [1.807, 2.05) is 30.0 Å². The van der Waals surface area contributed by atoms with Crippen molar-refractivity contribution >= 4 is 72.0 Å². The maximum absolute atomic E-state index is 11.7. The number of rotatable bonds is 16. The molecule has 3 heterocycles. The van der Waals surface area contributed by atoms with E-state index in [2.05, 4.69) is 85.4 Å². The van der Waals surface area contributed by atoms with Crippen molar-refractivity contribution in [2.75, 3.05) is 31.8 Å². The highest BCUT2D eigenvalue weighted by molar-refractivity contribution is 7.16. The van der Waals surface area contributed by atoms with Crippen molar-refractivity contribution in [3.63, 3.8) is 0 Å². The predicted octanol–water partition coefficient (Wildman–Crippen LogP) is 8.07. The summed E-state index contributed by atoms with van der Waals surface area (Å²) in [7, 11) is -1.49. The summed E-state index contributed by atoms with van der Waals surface area (Å²) in [5.74, 6) is -0.0201. The van der Waals surface area contributed by atoms with E-state index in [1.54, 1.807) is 18.4 Å². The molecule has 0 bridgehead atoms. The highest BCUT2D eigenvalue weighted by Crippen LogP contribution is 2.37. The lowest BCUT2D eigenvalue weighted by molar-refractivity contribution is 0.0489. The molecule has 4 rings (SSSR count). The summed E-state index contributed by atoms with van der Waals surface area (Å²) in [5, 5.41) is 20.8. The summed E-state index contributed by atoms with van der Waals surface area (Å²) in [6.07, 6.45) is 0.444. The van der Waals surface area contributed by atoms with Gasteiger partial charge in [0.2, 0.25) is 0 Å². The Morgan fingerprint density at radius 2 is 1.88 bits per heavy atom. The van der Waals surface area contributed by atoms with Gasteiger partial charge >= 0.3 is 5.97 Å². The van der Waals surface area contributed by atoms with Crippen molar-refractivity contribution in [1.82, 2.24) is 19.7 Å². The van der Waals surface area contributed by atoms with Crippen LogP contribution in [0, 0.1) is 6.92 Å². The lowest BCUT2D eigenvalue weighted by Crippen LogP contribution is -2.43. The quantitative estimate of drug-likeness (QED) is 0.0901. The van der Waals surface area contributed by atoms with Gasteiger partial charge in [-0.15, -0.1) is 21.5 Å². The summed E-state index contributed by atoms with van der Waals surface area (Å²) >= 11 is 2.84. The van der Waals surface area contributed by atoms with Crippen LogP contribution in [0.4, 0.5) is 16.8 Å². The minimum atomic E-state index is -1.97. The molecule has 1 unspecified atom stereocenters. The van der Waals surface area contributed by atoms with Gasteiger partial charge in [-0.25, -0.2) is 9.78 Å². The number of thiazole rings is 2. The van der Waals surface area contributed by atoms with Gasteiger partial charge in [0.1, 0.15) is 6.73 Å². The summed E-state index contributed by atoms with van der Waals surface area (Å²) in [6, 6.07) is 11.2. The van der Waals surface area contributed by atoms with Crippen molar-refractivity contribution in [2.24, 2.45) is 4.99 Å². The maximum Gasteiger partial charge on any atom is 0.355 e. The van der Waals surface area contributed by atoms with Crippen LogP contribution in [0.1, 0.15) is 43.2 Å². The van der Waals surface area contributed by atoms with Crippen LogP contribution in [0.15, 0.2) is 40.7 Å². The fourth-order valence-corrected chi connectivity index (χ4v) is 8.06. The lowest BCUT2D eigenvalue weighted by atomic mass is 10.2. The molecule has 0 aliphatic rings. The van der Waals surface area contributed by atoms with Crippen LogP contribution in [-0.4, -0.2) is 80.2 Å². The van der Waals surface area contributed by atoms with Crippen molar-refractivity contribution in [3.8, 4) is 0 Å². The van der Waals surface area contributed by atoms with E-state index in [9.17, 15) is 9.90 Å². The van der Waals surface area contributed by atoms with E-state index < -0.39 is 22.4 Å². The number of nitrogens with zero attached hydrogens (tertiary/aromatic N) is 6. The highest BCUT2D eigenvalue weighted by atomic mass is 32.1. The molecule has 0 fully saturated rings. The molecule has 0 spiro atoms. The van der Waals surface area contributed by atoms with Gasteiger partial charge in [-0.2, -0.15) is 4.99 Å². The Kier molecular flexibility index (Phi) is 12.5. The Labute approximate surface area is 293 Å². The molecule has 0 saturated heterocycles. The number of hydrogen-bond donors (Lipinski definition) is 1. The molecule has 0 aliphatic carbocycles. The second-order valence-corrected chi connectivity index (χ2v) is 26.9. The molecule has 1 N–H and O–H groups in total. The molecular weight excluding hydrogens is 681 g/mol. The average molecular weight is 731 g/mol. The van der Waals surface area contributed by atoms with Gasteiger partial charge in [0.25, 0.3) is 0 Å². The second-order valence-electron chi connectivity index (χ2n) is 14.6. The highest BCUT2D eigenvalue weighted by Gasteiger charge is 2.37. The number of methoxy groups -OCH3 is 1. The van der Waals surface area contributed by atoms with Crippen LogP contribution < -0.4 is 9.70 Å². The number of para-hydroxylation sites is 1. The average Bonchev–Trinajstić information content (AvgIpc) is 3.62. The number of aromatic carboxylic acids is 1. The van der Waals surface area contributed by atoms with Gasteiger partial charge < -0.3 is 23.9 Å². The Hall–Kier alpha value is -2.80. The van der Waals surface area contributed by atoms with Crippen molar-refractivity contribution < 1.29 is 23.8 Å².